The largest absolute Gasteiger partial charge is 0.456 e. The number of carbonyl (C=O) groups is 1. The third kappa shape index (κ3) is 3.83. The Kier molecular flexibility index (Phi) is 4.38. The molecule has 0 bridgehead atoms. The van der Waals surface area contributed by atoms with Gasteiger partial charge in [0.2, 0.25) is 0 Å². The highest BCUT2D eigenvalue weighted by Gasteiger charge is 2.22. The molecule has 3 rings (SSSR count). The molecule has 0 fully saturated rings. The van der Waals surface area contributed by atoms with Crippen LogP contribution >= 0.6 is 0 Å². The van der Waals surface area contributed by atoms with Crippen molar-refractivity contribution >= 4 is 28.4 Å². The number of furan rings is 1. The Morgan fingerprint density at radius 1 is 1.15 bits per heavy atom. The predicted molar refractivity (Wildman–Crippen MR) is 98.2 cm³/mol. The van der Waals surface area contributed by atoms with Gasteiger partial charge in [-0.05, 0) is 45.0 Å². The van der Waals surface area contributed by atoms with E-state index in [1.54, 1.807) is 26.8 Å². The molecule has 0 atom stereocenters. The van der Waals surface area contributed by atoms with Crippen LogP contribution < -0.4 is 5.32 Å². The SMILES string of the molecule is CC(C)(C)OC(=O)Nc1ccc(-c2cc3ccccc3o2)cc1[N+](=O)[O-]. The highest BCUT2D eigenvalue weighted by atomic mass is 16.6. The molecule has 0 radical (unpaired) electrons. The maximum atomic E-state index is 11.9. The van der Waals surface area contributed by atoms with Gasteiger partial charge in [-0.15, -0.1) is 0 Å². The minimum atomic E-state index is -0.753. The van der Waals surface area contributed by atoms with Crippen molar-refractivity contribution in [2.75, 3.05) is 5.32 Å². The Morgan fingerprint density at radius 3 is 2.54 bits per heavy atom. The summed E-state index contributed by atoms with van der Waals surface area (Å²) < 4.78 is 10.9. The van der Waals surface area contributed by atoms with E-state index in [9.17, 15) is 14.9 Å². The number of carbonyl (C=O) groups excluding carboxylic acids is 1. The summed E-state index contributed by atoms with van der Waals surface area (Å²) in [7, 11) is 0. The van der Waals surface area contributed by atoms with Crippen molar-refractivity contribution in [3.63, 3.8) is 0 Å². The number of nitrogens with one attached hydrogen (secondary N) is 1. The molecule has 2 aromatic carbocycles. The van der Waals surface area contributed by atoms with Crippen molar-refractivity contribution in [1.29, 1.82) is 0 Å². The fourth-order valence-electron chi connectivity index (χ4n) is 2.48. The van der Waals surface area contributed by atoms with Crippen LogP contribution in [0.4, 0.5) is 16.2 Å². The van der Waals surface area contributed by atoms with E-state index in [0.29, 0.717) is 16.9 Å². The average Bonchev–Trinajstić information content (AvgIpc) is 2.97. The van der Waals surface area contributed by atoms with Crippen molar-refractivity contribution in [2.24, 2.45) is 0 Å². The van der Waals surface area contributed by atoms with Gasteiger partial charge in [-0.3, -0.25) is 15.4 Å². The van der Waals surface area contributed by atoms with Crippen LogP contribution in [0.5, 0.6) is 0 Å². The first kappa shape index (κ1) is 17.5. The maximum Gasteiger partial charge on any atom is 0.412 e. The number of rotatable bonds is 3. The molecule has 26 heavy (non-hydrogen) atoms. The summed E-state index contributed by atoms with van der Waals surface area (Å²) >= 11 is 0. The van der Waals surface area contributed by atoms with Crippen molar-refractivity contribution in [2.45, 2.75) is 26.4 Å². The number of hydrogen-bond acceptors (Lipinski definition) is 5. The van der Waals surface area contributed by atoms with E-state index in [1.807, 2.05) is 30.3 Å². The van der Waals surface area contributed by atoms with Crippen molar-refractivity contribution in [3.8, 4) is 11.3 Å². The molecule has 1 N–H and O–H groups in total. The second kappa shape index (κ2) is 6.51. The molecule has 7 nitrogen and oxygen atoms in total. The average molecular weight is 354 g/mol. The Hall–Kier alpha value is -3.35. The number of fused-ring (bicyclic) bond motifs is 1. The predicted octanol–water partition coefficient (Wildman–Crippen LogP) is 5.36. The normalized spacial score (nSPS) is 11.3. The minimum Gasteiger partial charge on any atom is -0.456 e. The fraction of sp³-hybridized carbons (Fsp3) is 0.211. The lowest BCUT2D eigenvalue weighted by Crippen LogP contribution is -2.27. The molecular formula is C19H18N2O5. The molecular weight excluding hydrogens is 336 g/mol. The number of amides is 1. The Balaban J connectivity index is 1.94. The van der Waals surface area contributed by atoms with Crippen molar-refractivity contribution in [3.05, 3.63) is 58.6 Å². The number of nitrogens with zero attached hydrogens (tertiary/aromatic N) is 1. The number of anilines is 1. The molecule has 0 aliphatic heterocycles. The number of benzene rings is 2. The first-order valence-corrected chi connectivity index (χ1v) is 8.00. The van der Waals surface area contributed by atoms with Crippen LogP contribution in [0.2, 0.25) is 0 Å². The Bertz CT molecular complexity index is 952. The molecule has 0 aliphatic rings. The fourth-order valence-corrected chi connectivity index (χ4v) is 2.48. The van der Waals surface area contributed by atoms with E-state index in [-0.39, 0.29) is 11.4 Å². The summed E-state index contributed by atoms with van der Waals surface area (Å²) in [6.07, 6.45) is -0.753. The quantitative estimate of drug-likeness (QED) is 0.505. The number of ether oxygens (including phenoxy) is 1. The van der Waals surface area contributed by atoms with E-state index in [1.165, 1.54) is 12.1 Å². The highest BCUT2D eigenvalue weighted by molar-refractivity contribution is 5.90. The second-order valence-corrected chi connectivity index (χ2v) is 6.76. The molecule has 0 unspecified atom stereocenters. The molecule has 7 heteroatoms. The molecule has 3 aromatic rings. The molecule has 1 heterocycles. The van der Waals surface area contributed by atoms with E-state index in [2.05, 4.69) is 5.32 Å². The van der Waals surface area contributed by atoms with E-state index < -0.39 is 16.6 Å². The summed E-state index contributed by atoms with van der Waals surface area (Å²) in [6, 6.07) is 13.8. The van der Waals surface area contributed by atoms with Gasteiger partial charge < -0.3 is 9.15 Å². The van der Waals surface area contributed by atoms with Crippen LogP contribution in [0.25, 0.3) is 22.3 Å². The van der Waals surface area contributed by atoms with E-state index in [0.717, 1.165) is 5.39 Å². The van der Waals surface area contributed by atoms with Gasteiger partial charge in [-0.25, -0.2) is 4.79 Å². The van der Waals surface area contributed by atoms with Gasteiger partial charge in [-0.2, -0.15) is 0 Å². The lowest BCUT2D eigenvalue weighted by atomic mass is 10.1. The van der Waals surface area contributed by atoms with Crippen LogP contribution in [0, 0.1) is 10.1 Å². The van der Waals surface area contributed by atoms with Crippen LogP contribution in [0.3, 0.4) is 0 Å². The summed E-state index contributed by atoms with van der Waals surface area (Å²) in [6.45, 7) is 5.14. The number of nitro benzene ring substituents is 1. The molecule has 134 valence electrons. The van der Waals surface area contributed by atoms with E-state index >= 15 is 0 Å². The van der Waals surface area contributed by atoms with Gasteiger partial charge in [-0.1, -0.05) is 18.2 Å². The van der Waals surface area contributed by atoms with Crippen molar-refractivity contribution in [1.82, 2.24) is 0 Å². The van der Waals surface area contributed by atoms with Gasteiger partial charge in [0.05, 0.1) is 4.92 Å². The first-order chi connectivity index (χ1) is 12.2. The Labute approximate surface area is 149 Å². The third-order valence-electron chi connectivity index (χ3n) is 3.54. The van der Waals surface area contributed by atoms with Crippen LogP contribution in [0.1, 0.15) is 20.8 Å². The highest BCUT2D eigenvalue weighted by Crippen LogP contribution is 2.33. The summed E-state index contributed by atoms with van der Waals surface area (Å²) in [5, 5.41) is 14.8. The summed E-state index contributed by atoms with van der Waals surface area (Å²) in [4.78, 5) is 22.8. The number of hydrogen-bond donors (Lipinski definition) is 1. The lowest BCUT2D eigenvalue weighted by molar-refractivity contribution is -0.383. The standard InChI is InChI=1S/C19H18N2O5/c1-19(2,3)26-18(22)20-14-9-8-13(10-15(14)21(23)24)17-11-12-6-4-5-7-16(12)25-17/h4-11H,1-3H3,(H,20,22). The monoisotopic (exact) mass is 354 g/mol. The molecule has 0 saturated heterocycles. The maximum absolute atomic E-state index is 11.9. The second-order valence-electron chi connectivity index (χ2n) is 6.76. The molecule has 1 amide bonds. The zero-order chi connectivity index (χ0) is 18.9. The molecule has 0 aliphatic carbocycles. The minimum absolute atomic E-state index is 0.0594. The first-order valence-electron chi connectivity index (χ1n) is 8.00. The topological polar surface area (TPSA) is 94.6 Å². The molecule has 0 saturated carbocycles. The summed E-state index contributed by atoms with van der Waals surface area (Å²) in [5.41, 5.74) is 0.356. The zero-order valence-electron chi connectivity index (χ0n) is 14.6. The van der Waals surface area contributed by atoms with E-state index in [4.69, 9.17) is 9.15 Å². The van der Waals surface area contributed by atoms with Crippen LogP contribution in [-0.4, -0.2) is 16.6 Å². The molecule has 1 aromatic heterocycles. The van der Waals surface area contributed by atoms with Gasteiger partial charge in [0.15, 0.2) is 0 Å². The van der Waals surface area contributed by atoms with Gasteiger partial charge >= 0.3 is 6.09 Å². The smallest absolute Gasteiger partial charge is 0.412 e. The third-order valence-corrected chi connectivity index (χ3v) is 3.54. The van der Waals surface area contributed by atoms with Crippen molar-refractivity contribution < 1.29 is 18.9 Å². The number of nitro groups is 1. The van der Waals surface area contributed by atoms with Crippen LogP contribution in [-0.2, 0) is 4.74 Å². The lowest BCUT2D eigenvalue weighted by Gasteiger charge is -2.19. The summed E-state index contributed by atoms with van der Waals surface area (Å²) in [5.74, 6) is 0.512. The van der Waals surface area contributed by atoms with Gasteiger partial charge in [0.1, 0.15) is 22.6 Å². The Morgan fingerprint density at radius 2 is 1.88 bits per heavy atom. The number of para-hydroxylation sites is 1. The van der Waals surface area contributed by atoms with Gasteiger partial charge in [0.25, 0.3) is 5.69 Å². The van der Waals surface area contributed by atoms with Crippen LogP contribution in [0.15, 0.2) is 52.9 Å². The molecule has 0 spiro atoms. The zero-order valence-corrected chi connectivity index (χ0v) is 14.6. The van der Waals surface area contributed by atoms with Gasteiger partial charge in [0, 0.05) is 17.0 Å².